The van der Waals surface area contributed by atoms with Crippen LogP contribution >= 0.6 is 0 Å². The maximum Gasteiger partial charge on any atom is 0.323 e. The van der Waals surface area contributed by atoms with E-state index in [0.717, 1.165) is 0 Å². The van der Waals surface area contributed by atoms with Crippen LogP contribution in [-0.4, -0.2) is 6.03 Å². The first-order valence-corrected chi connectivity index (χ1v) is 5.80. The largest absolute Gasteiger partial charge is 0.323 e. The first-order chi connectivity index (χ1) is 9.72. The van der Waals surface area contributed by atoms with Gasteiger partial charge in [-0.15, -0.1) is 0 Å². The van der Waals surface area contributed by atoms with Crippen molar-refractivity contribution in [1.29, 1.82) is 10.5 Å². The smallest absolute Gasteiger partial charge is 0.308 e. The van der Waals surface area contributed by atoms with E-state index in [1.165, 1.54) is 0 Å². The number of urea groups is 1. The van der Waals surface area contributed by atoms with Crippen LogP contribution in [0.25, 0.3) is 0 Å². The lowest BCUT2D eigenvalue weighted by molar-refractivity contribution is 0.262. The van der Waals surface area contributed by atoms with E-state index in [1.807, 2.05) is 12.1 Å². The van der Waals surface area contributed by atoms with E-state index in [-0.39, 0.29) is 0 Å². The van der Waals surface area contributed by atoms with Crippen molar-refractivity contribution in [3.05, 3.63) is 59.7 Å². The molecule has 0 aliphatic heterocycles. The molecule has 0 atom stereocenters. The number of nitrogens with zero attached hydrogens (tertiary/aromatic N) is 2. The van der Waals surface area contributed by atoms with Crippen molar-refractivity contribution >= 4 is 17.4 Å². The molecule has 2 aromatic rings. The summed E-state index contributed by atoms with van der Waals surface area (Å²) in [4.78, 5) is 11.8. The first-order valence-electron chi connectivity index (χ1n) is 5.80. The molecule has 96 valence electrons. The van der Waals surface area contributed by atoms with Gasteiger partial charge in [0.05, 0.1) is 22.9 Å². The Hall–Kier alpha value is -3.31. The number of benzene rings is 2. The lowest BCUT2D eigenvalue weighted by Crippen LogP contribution is -2.20. The number of rotatable bonds is 2. The molecule has 2 N–H and O–H groups in total. The summed E-state index contributed by atoms with van der Waals surface area (Å²) in [6, 6.07) is 16.8. The minimum atomic E-state index is -0.470. The highest BCUT2D eigenvalue weighted by atomic mass is 16.2. The van der Waals surface area contributed by atoms with Gasteiger partial charge in [0.15, 0.2) is 0 Å². The Bertz CT molecular complexity index is 725. The predicted octanol–water partition coefficient (Wildman–Crippen LogP) is 3.07. The van der Waals surface area contributed by atoms with Crippen molar-refractivity contribution in [2.75, 3.05) is 10.6 Å². The Morgan fingerprint density at radius 2 is 1.75 bits per heavy atom. The molecule has 0 aliphatic rings. The number of hydrogen-bond donors (Lipinski definition) is 2. The minimum Gasteiger partial charge on any atom is -0.308 e. The monoisotopic (exact) mass is 262 g/mol. The molecule has 0 spiro atoms. The molecule has 0 aliphatic carbocycles. The summed E-state index contributed by atoms with van der Waals surface area (Å²) in [6.45, 7) is 0. The van der Waals surface area contributed by atoms with Crippen LogP contribution in [0.3, 0.4) is 0 Å². The third kappa shape index (κ3) is 3.12. The molecule has 0 saturated heterocycles. The van der Waals surface area contributed by atoms with Crippen LogP contribution in [0.5, 0.6) is 0 Å². The molecule has 20 heavy (non-hydrogen) atoms. The molecule has 0 radical (unpaired) electrons. The summed E-state index contributed by atoms with van der Waals surface area (Å²) in [5.41, 5.74) is 1.79. The molecule has 0 saturated carbocycles. The van der Waals surface area contributed by atoms with Crippen LogP contribution in [0.15, 0.2) is 48.5 Å². The molecule has 2 amide bonds. The average Bonchev–Trinajstić information content (AvgIpc) is 2.48. The topological polar surface area (TPSA) is 88.7 Å². The molecular weight excluding hydrogens is 252 g/mol. The SMILES string of the molecule is N#Cc1cccc(NC(=O)Nc2ccccc2C#N)c1. The molecular formula is C15H10N4O. The van der Waals surface area contributed by atoms with Gasteiger partial charge in [-0.1, -0.05) is 18.2 Å². The minimum absolute atomic E-state index is 0.383. The molecule has 2 rings (SSSR count). The zero-order valence-electron chi connectivity index (χ0n) is 10.4. The van der Waals surface area contributed by atoms with Gasteiger partial charge in [0.25, 0.3) is 0 Å². The Morgan fingerprint density at radius 3 is 2.50 bits per heavy atom. The van der Waals surface area contributed by atoms with Gasteiger partial charge in [-0.2, -0.15) is 10.5 Å². The number of amides is 2. The molecule has 0 heterocycles. The summed E-state index contributed by atoms with van der Waals surface area (Å²) in [7, 11) is 0. The quantitative estimate of drug-likeness (QED) is 0.871. The van der Waals surface area contributed by atoms with Crippen molar-refractivity contribution in [3.63, 3.8) is 0 Å². The molecule has 0 aromatic heterocycles. The standard InChI is InChI=1S/C15H10N4O/c16-9-11-4-3-6-13(8-11)18-15(20)19-14-7-2-1-5-12(14)10-17/h1-8H,(H2,18,19,20). The van der Waals surface area contributed by atoms with Gasteiger partial charge in [0, 0.05) is 5.69 Å². The van der Waals surface area contributed by atoms with Crippen molar-refractivity contribution in [3.8, 4) is 12.1 Å². The van der Waals surface area contributed by atoms with Crippen molar-refractivity contribution in [2.45, 2.75) is 0 Å². The number of hydrogen-bond acceptors (Lipinski definition) is 3. The number of carbonyl (C=O) groups is 1. The second-order valence-corrected chi connectivity index (χ2v) is 3.93. The maximum atomic E-state index is 11.8. The fraction of sp³-hybridized carbons (Fsp3) is 0. The van der Waals surface area contributed by atoms with Crippen LogP contribution in [0.1, 0.15) is 11.1 Å². The number of para-hydroxylation sites is 1. The molecule has 0 unspecified atom stereocenters. The Morgan fingerprint density at radius 1 is 0.950 bits per heavy atom. The molecule has 2 aromatic carbocycles. The molecule has 0 fully saturated rings. The van der Waals surface area contributed by atoms with E-state index >= 15 is 0 Å². The van der Waals surface area contributed by atoms with E-state index in [2.05, 4.69) is 10.6 Å². The summed E-state index contributed by atoms with van der Waals surface area (Å²) >= 11 is 0. The maximum absolute atomic E-state index is 11.8. The van der Waals surface area contributed by atoms with Gasteiger partial charge < -0.3 is 10.6 Å². The second-order valence-electron chi connectivity index (χ2n) is 3.93. The fourth-order valence-electron chi connectivity index (χ4n) is 1.64. The number of nitrogens with one attached hydrogen (secondary N) is 2. The van der Waals surface area contributed by atoms with E-state index in [1.54, 1.807) is 48.5 Å². The van der Waals surface area contributed by atoms with Crippen molar-refractivity contribution in [2.24, 2.45) is 0 Å². The van der Waals surface area contributed by atoms with E-state index in [0.29, 0.717) is 22.5 Å². The summed E-state index contributed by atoms with van der Waals surface area (Å²) < 4.78 is 0. The molecule has 5 nitrogen and oxygen atoms in total. The number of nitriles is 2. The zero-order valence-corrected chi connectivity index (χ0v) is 10.4. The Balaban J connectivity index is 2.10. The van der Waals surface area contributed by atoms with Crippen molar-refractivity contribution < 1.29 is 4.79 Å². The highest BCUT2D eigenvalue weighted by molar-refractivity contribution is 6.00. The van der Waals surface area contributed by atoms with Crippen molar-refractivity contribution in [1.82, 2.24) is 0 Å². The number of anilines is 2. The van der Waals surface area contributed by atoms with Crippen LogP contribution < -0.4 is 10.6 Å². The van der Waals surface area contributed by atoms with Crippen LogP contribution in [0.2, 0.25) is 0 Å². The van der Waals surface area contributed by atoms with Crippen LogP contribution in [0.4, 0.5) is 16.2 Å². The first kappa shape index (κ1) is 13.1. The van der Waals surface area contributed by atoms with E-state index in [9.17, 15) is 4.79 Å². The Kier molecular flexibility index (Phi) is 3.96. The lowest BCUT2D eigenvalue weighted by atomic mass is 10.2. The van der Waals surface area contributed by atoms with Gasteiger partial charge in [-0.3, -0.25) is 0 Å². The average molecular weight is 262 g/mol. The normalized spacial score (nSPS) is 9.10. The van der Waals surface area contributed by atoms with Gasteiger partial charge in [0.2, 0.25) is 0 Å². The van der Waals surface area contributed by atoms with Gasteiger partial charge in [0.1, 0.15) is 6.07 Å². The molecule has 0 bridgehead atoms. The molecule has 5 heteroatoms. The fourth-order valence-corrected chi connectivity index (χ4v) is 1.64. The summed E-state index contributed by atoms with van der Waals surface area (Å²) in [5, 5.41) is 22.9. The Labute approximate surface area is 116 Å². The predicted molar refractivity (Wildman–Crippen MR) is 75.0 cm³/mol. The van der Waals surface area contributed by atoms with Gasteiger partial charge in [-0.05, 0) is 30.3 Å². The summed E-state index contributed by atoms with van der Waals surface area (Å²) in [5.74, 6) is 0. The van der Waals surface area contributed by atoms with E-state index < -0.39 is 6.03 Å². The highest BCUT2D eigenvalue weighted by Crippen LogP contribution is 2.15. The summed E-state index contributed by atoms with van der Waals surface area (Å²) in [6.07, 6.45) is 0. The van der Waals surface area contributed by atoms with Crippen LogP contribution in [-0.2, 0) is 0 Å². The van der Waals surface area contributed by atoms with Crippen LogP contribution in [0, 0.1) is 22.7 Å². The van der Waals surface area contributed by atoms with Gasteiger partial charge >= 0.3 is 6.03 Å². The van der Waals surface area contributed by atoms with Gasteiger partial charge in [-0.25, -0.2) is 4.79 Å². The number of carbonyl (C=O) groups excluding carboxylic acids is 1. The highest BCUT2D eigenvalue weighted by Gasteiger charge is 2.06. The van der Waals surface area contributed by atoms with E-state index in [4.69, 9.17) is 10.5 Å². The third-order valence-corrected chi connectivity index (χ3v) is 2.55. The third-order valence-electron chi connectivity index (χ3n) is 2.55. The lowest BCUT2D eigenvalue weighted by Gasteiger charge is -2.08. The second kappa shape index (κ2) is 6.03. The zero-order chi connectivity index (χ0) is 14.4.